The maximum absolute atomic E-state index is 11.8. The maximum Gasteiger partial charge on any atom is 0.410 e. The van der Waals surface area contributed by atoms with Crippen LogP contribution in [-0.4, -0.2) is 54.3 Å². The fourth-order valence-corrected chi connectivity index (χ4v) is 1.99. The van der Waals surface area contributed by atoms with Gasteiger partial charge in [-0.3, -0.25) is 4.79 Å². The molecule has 2 amide bonds. The van der Waals surface area contributed by atoms with Crippen molar-refractivity contribution >= 4 is 12.0 Å². The molecule has 96 valence electrons. The second-order valence-corrected chi connectivity index (χ2v) is 5.41. The Morgan fingerprint density at radius 3 is 2.82 bits per heavy atom. The van der Waals surface area contributed by atoms with Crippen LogP contribution >= 0.6 is 0 Å². The van der Waals surface area contributed by atoms with Crippen LogP contribution in [0.5, 0.6) is 0 Å². The van der Waals surface area contributed by atoms with Crippen LogP contribution < -0.4 is 5.32 Å². The Balaban J connectivity index is 1.93. The second kappa shape index (κ2) is 4.18. The van der Waals surface area contributed by atoms with Crippen LogP contribution in [0.4, 0.5) is 4.79 Å². The number of carbonyl (C=O) groups is 2. The predicted octanol–water partition coefficient (Wildman–Crippen LogP) is 0.121. The highest BCUT2D eigenvalue weighted by Crippen LogP contribution is 2.19. The number of nitrogens with one attached hydrogen (secondary N) is 1. The lowest BCUT2D eigenvalue weighted by Gasteiger charge is -2.24. The van der Waals surface area contributed by atoms with Crippen molar-refractivity contribution in [2.24, 2.45) is 0 Å². The van der Waals surface area contributed by atoms with Crippen molar-refractivity contribution in [1.29, 1.82) is 0 Å². The molecule has 1 N–H and O–H groups in total. The standard InChI is InChI=1S/C11H18N2O4/c1-11(2,3)17-10(15)13-4-7-8(5-13)16-6-9(14)12-7/h7-8H,4-6H2,1-3H3,(H,12,14)/t7-,8-/m1/s1. The topological polar surface area (TPSA) is 67.9 Å². The molecule has 0 aromatic rings. The van der Waals surface area contributed by atoms with Crippen molar-refractivity contribution in [2.75, 3.05) is 19.7 Å². The summed E-state index contributed by atoms with van der Waals surface area (Å²) in [6, 6.07) is -0.108. The van der Waals surface area contributed by atoms with Gasteiger partial charge in [0.2, 0.25) is 5.91 Å². The van der Waals surface area contributed by atoms with E-state index in [0.717, 1.165) is 0 Å². The van der Waals surface area contributed by atoms with Crippen molar-refractivity contribution in [3.8, 4) is 0 Å². The van der Waals surface area contributed by atoms with Gasteiger partial charge in [-0.15, -0.1) is 0 Å². The van der Waals surface area contributed by atoms with E-state index in [2.05, 4.69) is 5.32 Å². The summed E-state index contributed by atoms with van der Waals surface area (Å²) in [4.78, 5) is 24.5. The van der Waals surface area contributed by atoms with Crippen LogP contribution in [0.2, 0.25) is 0 Å². The fraction of sp³-hybridized carbons (Fsp3) is 0.818. The van der Waals surface area contributed by atoms with Crippen molar-refractivity contribution in [1.82, 2.24) is 10.2 Å². The smallest absolute Gasteiger partial charge is 0.410 e. The number of carbonyl (C=O) groups excluding carboxylic acids is 2. The number of fused-ring (bicyclic) bond motifs is 1. The molecule has 0 saturated carbocycles. The lowest BCUT2D eigenvalue weighted by atomic mass is 10.2. The van der Waals surface area contributed by atoms with Crippen LogP contribution in [0.1, 0.15) is 20.8 Å². The van der Waals surface area contributed by atoms with E-state index in [1.807, 2.05) is 20.8 Å². The van der Waals surface area contributed by atoms with E-state index in [1.165, 1.54) is 0 Å². The minimum absolute atomic E-state index is 0.0727. The summed E-state index contributed by atoms with van der Waals surface area (Å²) in [7, 11) is 0. The summed E-state index contributed by atoms with van der Waals surface area (Å²) in [5.74, 6) is -0.128. The Morgan fingerprint density at radius 2 is 2.18 bits per heavy atom. The zero-order valence-electron chi connectivity index (χ0n) is 10.4. The van der Waals surface area contributed by atoms with Crippen molar-refractivity contribution in [3.05, 3.63) is 0 Å². The minimum Gasteiger partial charge on any atom is -0.444 e. The number of rotatable bonds is 0. The first-order valence-corrected chi connectivity index (χ1v) is 5.74. The molecule has 0 spiro atoms. The van der Waals surface area contributed by atoms with Gasteiger partial charge in [-0.2, -0.15) is 0 Å². The average Bonchev–Trinajstić information content (AvgIpc) is 2.57. The summed E-state index contributed by atoms with van der Waals surface area (Å²) in [6.45, 7) is 6.47. The summed E-state index contributed by atoms with van der Waals surface area (Å²) >= 11 is 0. The molecule has 17 heavy (non-hydrogen) atoms. The first-order chi connectivity index (χ1) is 7.85. The van der Waals surface area contributed by atoms with Gasteiger partial charge in [-0.05, 0) is 20.8 Å². The van der Waals surface area contributed by atoms with Gasteiger partial charge >= 0.3 is 6.09 Å². The summed E-state index contributed by atoms with van der Waals surface area (Å²) in [5.41, 5.74) is -0.505. The largest absolute Gasteiger partial charge is 0.444 e. The van der Waals surface area contributed by atoms with Crippen LogP contribution in [0.15, 0.2) is 0 Å². The van der Waals surface area contributed by atoms with Gasteiger partial charge in [-0.25, -0.2) is 4.79 Å². The molecule has 0 bridgehead atoms. The summed E-state index contributed by atoms with van der Waals surface area (Å²) in [6.07, 6.45) is -0.468. The van der Waals surface area contributed by atoms with Crippen LogP contribution in [0.3, 0.4) is 0 Å². The molecular formula is C11H18N2O4. The normalized spacial score (nSPS) is 28.6. The second-order valence-electron chi connectivity index (χ2n) is 5.41. The minimum atomic E-state index is -0.505. The van der Waals surface area contributed by atoms with E-state index in [9.17, 15) is 9.59 Å². The molecule has 2 heterocycles. The van der Waals surface area contributed by atoms with E-state index < -0.39 is 5.60 Å². The van der Waals surface area contributed by atoms with Crippen LogP contribution in [0, 0.1) is 0 Å². The van der Waals surface area contributed by atoms with Crippen LogP contribution in [0.25, 0.3) is 0 Å². The molecule has 6 heteroatoms. The lowest BCUT2D eigenvalue weighted by molar-refractivity contribution is -0.134. The SMILES string of the molecule is CC(C)(C)OC(=O)N1C[C@H]2NC(=O)CO[C@@H]2C1. The van der Waals surface area contributed by atoms with E-state index in [0.29, 0.717) is 13.1 Å². The molecule has 2 atom stereocenters. The Hall–Kier alpha value is -1.30. The van der Waals surface area contributed by atoms with Gasteiger partial charge in [0.25, 0.3) is 0 Å². The highest BCUT2D eigenvalue weighted by atomic mass is 16.6. The molecule has 2 fully saturated rings. The molecular weight excluding hydrogens is 224 g/mol. The highest BCUT2D eigenvalue weighted by Gasteiger charge is 2.41. The Morgan fingerprint density at radius 1 is 1.47 bits per heavy atom. The molecule has 2 rings (SSSR count). The average molecular weight is 242 g/mol. The molecule has 6 nitrogen and oxygen atoms in total. The van der Waals surface area contributed by atoms with Gasteiger partial charge < -0.3 is 19.7 Å². The molecule has 0 aliphatic carbocycles. The van der Waals surface area contributed by atoms with Gasteiger partial charge in [-0.1, -0.05) is 0 Å². The number of morpholine rings is 1. The molecule has 2 aliphatic rings. The number of nitrogens with zero attached hydrogens (tertiary/aromatic N) is 1. The third kappa shape index (κ3) is 2.88. The number of hydrogen-bond acceptors (Lipinski definition) is 4. The van der Waals surface area contributed by atoms with Gasteiger partial charge in [0.15, 0.2) is 0 Å². The summed E-state index contributed by atoms with van der Waals surface area (Å²) in [5, 5.41) is 2.81. The van der Waals surface area contributed by atoms with E-state index >= 15 is 0 Å². The molecule has 0 radical (unpaired) electrons. The molecule has 2 aliphatic heterocycles. The summed E-state index contributed by atoms with van der Waals surface area (Å²) < 4.78 is 10.6. The lowest BCUT2D eigenvalue weighted by Crippen LogP contribution is -2.50. The van der Waals surface area contributed by atoms with Crippen molar-refractivity contribution in [3.63, 3.8) is 0 Å². The number of hydrogen-bond donors (Lipinski definition) is 1. The Bertz CT molecular complexity index is 337. The first kappa shape index (κ1) is 12.2. The third-order valence-electron chi connectivity index (χ3n) is 2.69. The monoisotopic (exact) mass is 242 g/mol. The number of likely N-dealkylation sites (tertiary alicyclic amines) is 1. The number of amides is 2. The van der Waals surface area contributed by atoms with Crippen LogP contribution in [-0.2, 0) is 14.3 Å². The predicted molar refractivity (Wildman–Crippen MR) is 59.5 cm³/mol. The molecule has 0 aromatic heterocycles. The van der Waals surface area contributed by atoms with Gasteiger partial charge in [0, 0.05) is 6.54 Å². The first-order valence-electron chi connectivity index (χ1n) is 5.74. The zero-order chi connectivity index (χ0) is 12.6. The van der Waals surface area contributed by atoms with E-state index in [1.54, 1.807) is 4.90 Å². The third-order valence-corrected chi connectivity index (χ3v) is 2.69. The number of ether oxygens (including phenoxy) is 2. The Kier molecular flexibility index (Phi) is 2.99. The quantitative estimate of drug-likeness (QED) is 0.655. The fourth-order valence-electron chi connectivity index (χ4n) is 1.99. The zero-order valence-corrected chi connectivity index (χ0v) is 10.4. The molecule has 0 unspecified atom stereocenters. The van der Waals surface area contributed by atoms with Crippen molar-refractivity contribution in [2.45, 2.75) is 38.5 Å². The molecule has 2 saturated heterocycles. The highest BCUT2D eigenvalue weighted by molar-refractivity contribution is 5.78. The van der Waals surface area contributed by atoms with E-state index in [4.69, 9.17) is 9.47 Å². The maximum atomic E-state index is 11.8. The van der Waals surface area contributed by atoms with Crippen molar-refractivity contribution < 1.29 is 19.1 Å². The molecule has 0 aromatic carbocycles. The Labute approximate surface area is 100 Å². The van der Waals surface area contributed by atoms with Gasteiger partial charge in [0.05, 0.1) is 18.7 Å². The van der Waals surface area contributed by atoms with Gasteiger partial charge in [0.1, 0.15) is 12.2 Å². The van der Waals surface area contributed by atoms with E-state index in [-0.39, 0.29) is 30.8 Å².